The lowest BCUT2D eigenvalue weighted by Crippen LogP contribution is -2.41. The molecule has 8 heteroatoms. The number of para-hydroxylation sites is 1. The third-order valence-electron chi connectivity index (χ3n) is 6.24. The summed E-state index contributed by atoms with van der Waals surface area (Å²) in [6.07, 6.45) is 5.10. The van der Waals surface area contributed by atoms with Gasteiger partial charge in [-0.2, -0.15) is 0 Å². The first kappa shape index (κ1) is 23.7. The Morgan fingerprint density at radius 2 is 1.78 bits per heavy atom. The Morgan fingerprint density at radius 3 is 2.50 bits per heavy atom. The monoisotopic (exact) mass is 485 g/mol. The predicted octanol–water partition coefficient (Wildman–Crippen LogP) is 5.87. The summed E-state index contributed by atoms with van der Waals surface area (Å²) < 4.78 is 13.7. The van der Waals surface area contributed by atoms with E-state index in [1.165, 1.54) is 6.33 Å². The summed E-state index contributed by atoms with van der Waals surface area (Å²) in [4.78, 5) is 23.4. The van der Waals surface area contributed by atoms with Crippen molar-refractivity contribution in [3.05, 3.63) is 67.1 Å². The molecule has 186 valence electrons. The van der Waals surface area contributed by atoms with Crippen LogP contribution in [0.3, 0.4) is 0 Å². The molecule has 2 N–H and O–H groups in total. The number of anilines is 1. The molecule has 1 amide bonds. The lowest BCUT2D eigenvalue weighted by molar-refractivity contribution is 0.0215. The molecule has 0 aliphatic carbocycles. The van der Waals surface area contributed by atoms with Crippen LogP contribution in [0.15, 0.2) is 67.1 Å². The standard InChI is InChI=1S/C28H31N5O3/c1-28(2,3)36-27(34)33-15-7-8-20(33)16-32-17-23(24-25(29)30-18-31-26(24)32)19-11-13-22(14-12-19)35-21-9-5-4-6-10-21/h4-6,9-14,17-18,20H,7-8,15-16H2,1-3H3,(H2,29,30,31)/t20-/m0/s1. The first-order valence-electron chi connectivity index (χ1n) is 12.2. The fraction of sp³-hybridized carbons (Fsp3) is 0.321. The number of carbonyl (C=O) groups excluding carboxylic acids is 1. The zero-order valence-corrected chi connectivity index (χ0v) is 20.8. The topological polar surface area (TPSA) is 95.5 Å². The fourth-order valence-electron chi connectivity index (χ4n) is 4.65. The zero-order chi connectivity index (χ0) is 25.3. The van der Waals surface area contributed by atoms with Gasteiger partial charge in [-0.05, 0) is 63.4 Å². The van der Waals surface area contributed by atoms with Crippen LogP contribution in [0.25, 0.3) is 22.2 Å². The van der Waals surface area contributed by atoms with Crippen molar-refractivity contribution in [2.24, 2.45) is 0 Å². The number of carbonyl (C=O) groups is 1. The number of nitrogens with zero attached hydrogens (tertiary/aromatic N) is 4. The summed E-state index contributed by atoms with van der Waals surface area (Å²) in [6, 6.07) is 17.6. The number of amides is 1. The first-order chi connectivity index (χ1) is 17.3. The van der Waals surface area contributed by atoms with Crippen molar-refractivity contribution in [1.82, 2.24) is 19.4 Å². The van der Waals surface area contributed by atoms with E-state index in [1.54, 1.807) is 0 Å². The van der Waals surface area contributed by atoms with Gasteiger partial charge in [0.1, 0.15) is 34.9 Å². The molecular weight excluding hydrogens is 454 g/mol. The number of nitrogens with two attached hydrogens (primary N) is 1. The second-order valence-corrected chi connectivity index (χ2v) is 10.1. The highest BCUT2D eigenvalue weighted by Crippen LogP contribution is 2.35. The van der Waals surface area contributed by atoms with Gasteiger partial charge in [0.2, 0.25) is 0 Å². The van der Waals surface area contributed by atoms with Gasteiger partial charge in [0, 0.05) is 24.8 Å². The summed E-state index contributed by atoms with van der Waals surface area (Å²) in [5.41, 5.74) is 8.46. The van der Waals surface area contributed by atoms with Crippen molar-refractivity contribution >= 4 is 22.9 Å². The van der Waals surface area contributed by atoms with Gasteiger partial charge in [-0.15, -0.1) is 0 Å². The molecule has 5 rings (SSSR count). The van der Waals surface area contributed by atoms with Crippen molar-refractivity contribution in [1.29, 1.82) is 0 Å². The third kappa shape index (κ3) is 4.98. The number of rotatable bonds is 5. The number of aromatic nitrogens is 3. The van der Waals surface area contributed by atoms with Crippen molar-refractivity contribution in [3.63, 3.8) is 0 Å². The summed E-state index contributed by atoms with van der Waals surface area (Å²) in [6.45, 7) is 6.94. The Labute approximate surface area is 210 Å². The number of likely N-dealkylation sites (tertiary alicyclic amines) is 1. The highest BCUT2D eigenvalue weighted by atomic mass is 16.6. The van der Waals surface area contributed by atoms with E-state index in [0.717, 1.165) is 46.5 Å². The smallest absolute Gasteiger partial charge is 0.410 e. The fourth-order valence-corrected chi connectivity index (χ4v) is 4.65. The Bertz CT molecular complexity index is 1360. The minimum absolute atomic E-state index is 0.0149. The van der Waals surface area contributed by atoms with Gasteiger partial charge in [-0.3, -0.25) is 0 Å². The summed E-state index contributed by atoms with van der Waals surface area (Å²) in [5.74, 6) is 1.95. The Kier molecular flexibility index (Phi) is 6.26. The molecule has 1 aliphatic heterocycles. The maximum absolute atomic E-state index is 12.8. The van der Waals surface area contributed by atoms with Crippen LogP contribution >= 0.6 is 0 Å². The number of benzene rings is 2. The Balaban J connectivity index is 1.43. The molecule has 1 aliphatic rings. The Hall–Kier alpha value is -4.07. The van der Waals surface area contributed by atoms with Crippen molar-refractivity contribution in [2.45, 2.75) is 51.8 Å². The minimum Gasteiger partial charge on any atom is -0.457 e. The van der Waals surface area contributed by atoms with Gasteiger partial charge in [0.05, 0.1) is 11.4 Å². The average molecular weight is 486 g/mol. The highest BCUT2D eigenvalue weighted by molar-refractivity contribution is 6.00. The van der Waals surface area contributed by atoms with E-state index in [4.69, 9.17) is 15.2 Å². The second-order valence-electron chi connectivity index (χ2n) is 10.1. The van der Waals surface area contributed by atoms with Gasteiger partial charge in [-0.25, -0.2) is 14.8 Å². The van der Waals surface area contributed by atoms with Crippen LogP contribution in [-0.2, 0) is 11.3 Å². The number of hydrogen-bond donors (Lipinski definition) is 1. The summed E-state index contributed by atoms with van der Waals surface area (Å²) in [5, 5.41) is 0.802. The maximum Gasteiger partial charge on any atom is 0.410 e. The molecule has 3 heterocycles. The minimum atomic E-state index is -0.532. The van der Waals surface area contributed by atoms with Gasteiger partial charge in [0.25, 0.3) is 0 Å². The van der Waals surface area contributed by atoms with Crippen LogP contribution in [0.2, 0.25) is 0 Å². The molecule has 1 atom stereocenters. The Morgan fingerprint density at radius 1 is 1.06 bits per heavy atom. The third-order valence-corrected chi connectivity index (χ3v) is 6.24. The molecule has 0 saturated carbocycles. The zero-order valence-electron chi connectivity index (χ0n) is 20.8. The molecule has 0 spiro atoms. The lowest BCUT2D eigenvalue weighted by Gasteiger charge is -2.28. The van der Waals surface area contributed by atoms with Crippen molar-refractivity contribution in [2.75, 3.05) is 12.3 Å². The van der Waals surface area contributed by atoms with Crippen LogP contribution in [-0.4, -0.2) is 43.7 Å². The molecule has 0 bridgehead atoms. The quantitative estimate of drug-likeness (QED) is 0.380. The molecule has 1 fully saturated rings. The van der Waals surface area contributed by atoms with Crippen molar-refractivity contribution < 1.29 is 14.3 Å². The van der Waals surface area contributed by atoms with Crippen LogP contribution in [0.4, 0.5) is 10.6 Å². The van der Waals surface area contributed by atoms with E-state index in [-0.39, 0.29) is 12.1 Å². The predicted molar refractivity (Wildman–Crippen MR) is 140 cm³/mol. The number of ether oxygens (including phenoxy) is 2. The van der Waals surface area contributed by atoms with Crippen LogP contribution in [0.5, 0.6) is 11.5 Å². The molecule has 0 radical (unpaired) electrons. The average Bonchev–Trinajstić information content (AvgIpc) is 3.45. The van der Waals surface area contributed by atoms with Gasteiger partial charge < -0.3 is 24.7 Å². The molecule has 1 saturated heterocycles. The van der Waals surface area contributed by atoms with Gasteiger partial charge in [-0.1, -0.05) is 30.3 Å². The molecule has 36 heavy (non-hydrogen) atoms. The first-order valence-corrected chi connectivity index (χ1v) is 12.2. The van der Waals surface area contributed by atoms with Gasteiger partial charge in [0.15, 0.2) is 0 Å². The lowest BCUT2D eigenvalue weighted by atomic mass is 10.1. The van der Waals surface area contributed by atoms with E-state index in [0.29, 0.717) is 18.9 Å². The van der Waals surface area contributed by atoms with E-state index in [9.17, 15) is 4.79 Å². The molecular formula is C28H31N5O3. The van der Waals surface area contributed by atoms with E-state index < -0.39 is 5.60 Å². The molecule has 0 unspecified atom stereocenters. The maximum atomic E-state index is 12.8. The highest BCUT2D eigenvalue weighted by Gasteiger charge is 2.33. The normalized spacial score (nSPS) is 15.9. The van der Waals surface area contributed by atoms with Crippen LogP contribution < -0.4 is 10.5 Å². The SMILES string of the molecule is CC(C)(C)OC(=O)N1CCC[C@H]1Cn1cc(-c2ccc(Oc3ccccc3)cc2)c2c(N)ncnc21. The molecule has 8 nitrogen and oxygen atoms in total. The summed E-state index contributed by atoms with van der Waals surface area (Å²) in [7, 11) is 0. The second kappa shape index (κ2) is 9.53. The number of nitrogen functional groups attached to an aromatic ring is 1. The number of fused-ring (bicyclic) bond motifs is 1. The van der Waals surface area contributed by atoms with E-state index in [2.05, 4.69) is 14.5 Å². The molecule has 2 aromatic heterocycles. The van der Waals surface area contributed by atoms with Crippen molar-refractivity contribution in [3.8, 4) is 22.6 Å². The number of hydrogen-bond acceptors (Lipinski definition) is 6. The molecule has 4 aromatic rings. The summed E-state index contributed by atoms with van der Waals surface area (Å²) >= 11 is 0. The van der Waals surface area contributed by atoms with E-state index in [1.807, 2.05) is 86.5 Å². The van der Waals surface area contributed by atoms with Crippen LogP contribution in [0, 0.1) is 0 Å². The van der Waals surface area contributed by atoms with E-state index >= 15 is 0 Å². The largest absolute Gasteiger partial charge is 0.457 e. The van der Waals surface area contributed by atoms with Crippen LogP contribution in [0.1, 0.15) is 33.6 Å². The molecule has 2 aromatic carbocycles. The van der Waals surface area contributed by atoms with Gasteiger partial charge >= 0.3 is 6.09 Å².